The molecule has 6 heteroatoms. The van der Waals surface area contributed by atoms with Gasteiger partial charge >= 0.3 is 0 Å². The number of aliphatic hydroxyl groups is 2. The third-order valence-electron chi connectivity index (χ3n) is 3.15. The third-order valence-corrected chi connectivity index (χ3v) is 3.59. The van der Waals surface area contributed by atoms with Crippen molar-refractivity contribution in [1.29, 1.82) is 0 Å². The maximum Gasteiger partial charge on any atom is 0.254 e. The summed E-state index contributed by atoms with van der Waals surface area (Å²) < 4.78 is 0. The second-order valence-corrected chi connectivity index (χ2v) is 5.63. The number of amides is 1. The van der Waals surface area contributed by atoms with Crippen molar-refractivity contribution in [2.45, 2.75) is 12.1 Å². The zero-order valence-electron chi connectivity index (χ0n) is 11.5. The molecule has 2 aromatic rings. The molecule has 0 heterocycles. The highest BCUT2D eigenvalue weighted by atomic mass is 35.5. The highest BCUT2D eigenvalue weighted by Crippen LogP contribution is 2.24. The first kappa shape index (κ1) is 16.8. The molecule has 2 aromatic carbocycles. The number of rotatable bonds is 5. The minimum atomic E-state index is -1.42. The fourth-order valence-electron chi connectivity index (χ4n) is 2.05. The first-order chi connectivity index (χ1) is 10.5. The second-order valence-electron chi connectivity index (χ2n) is 4.76. The number of halogens is 2. The summed E-state index contributed by atoms with van der Waals surface area (Å²) in [5, 5.41) is 22.8. The second kappa shape index (κ2) is 7.61. The Morgan fingerprint density at radius 1 is 1.05 bits per heavy atom. The Kier molecular flexibility index (Phi) is 5.80. The van der Waals surface area contributed by atoms with Crippen molar-refractivity contribution < 1.29 is 15.0 Å². The largest absolute Gasteiger partial charge is 0.394 e. The molecule has 2 atom stereocenters. The topological polar surface area (TPSA) is 69.6 Å². The lowest BCUT2D eigenvalue weighted by atomic mass is 10.1. The molecule has 116 valence electrons. The highest BCUT2D eigenvalue weighted by molar-refractivity contribution is 6.34. The number of benzene rings is 2. The van der Waals surface area contributed by atoms with Crippen molar-refractivity contribution in [2.24, 2.45) is 0 Å². The Bertz CT molecular complexity index is 629. The maximum absolute atomic E-state index is 12.2. The van der Waals surface area contributed by atoms with Crippen LogP contribution in [-0.4, -0.2) is 22.7 Å². The molecule has 0 saturated carbocycles. The Morgan fingerprint density at radius 2 is 1.64 bits per heavy atom. The maximum atomic E-state index is 12.2. The number of aliphatic hydroxyl groups excluding tert-OH is 2. The number of nitrogens with one attached hydrogen (secondary N) is 1. The van der Waals surface area contributed by atoms with E-state index in [0.717, 1.165) is 5.56 Å². The summed E-state index contributed by atoms with van der Waals surface area (Å²) >= 11 is 11.7. The zero-order chi connectivity index (χ0) is 16.1. The fourth-order valence-corrected chi connectivity index (χ4v) is 2.60. The van der Waals surface area contributed by atoms with E-state index in [2.05, 4.69) is 5.32 Å². The summed E-state index contributed by atoms with van der Waals surface area (Å²) in [6, 6.07) is 12.9. The van der Waals surface area contributed by atoms with Gasteiger partial charge in [0.1, 0.15) is 0 Å². The SMILES string of the molecule is O=C(NC(CO)c1ccccc1)C(O)c1cc(Cl)cc(Cl)c1. The molecule has 0 fully saturated rings. The molecule has 0 aromatic heterocycles. The standard InChI is InChI=1S/C16H15Cl2NO3/c17-12-6-11(7-13(18)8-12)15(21)16(22)19-14(9-20)10-4-2-1-3-5-10/h1-8,14-15,20-21H,9H2,(H,19,22). The van der Waals surface area contributed by atoms with Gasteiger partial charge in [-0.25, -0.2) is 0 Å². The predicted molar refractivity (Wildman–Crippen MR) is 85.8 cm³/mol. The fraction of sp³-hybridized carbons (Fsp3) is 0.188. The van der Waals surface area contributed by atoms with Gasteiger partial charge < -0.3 is 15.5 Å². The van der Waals surface area contributed by atoms with Gasteiger partial charge in [0, 0.05) is 10.0 Å². The van der Waals surface area contributed by atoms with Crippen LogP contribution in [0.15, 0.2) is 48.5 Å². The molecule has 1 amide bonds. The van der Waals surface area contributed by atoms with E-state index in [1.54, 1.807) is 24.3 Å². The zero-order valence-corrected chi connectivity index (χ0v) is 13.1. The van der Waals surface area contributed by atoms with Crippen molar-refractivity contribution in [1.82, 2.24) is 5.32 Å². The van der Waals surface area contributed by atoms with Crippen LogP contribution < -0.4 is 5.32 Å². The van der Waals surface area contributed by atoms with E-state index in [0.29, 0.717) is 15.6 Å². The van der Waals surface area contributed by atoms with Gasteiger partial charge in [-0.3, -0.25) is 4.79 Å². The number of hydrogen-bond acceptors (Lipinski definition) is 3. The van der Waals surface area contributed by atoms with Crippen LogP contribution >= 0.6 is 23.2 Å². The van der Waals surface area contributed by atoms with Crippen molar-refractivity contribution in [3.05, 3.63) is 69.7 Å². The Labute approximate surface area is 138 Å². The van der Waals surface area contributed by atoms with Gasteiger partial charge in [0.25, 0.3) is 5.91 Å². The van der Waals surface area contributed by atoms with Gasteiger partial charge in [-0.05, 0) is 29.3 Å². The molecule has 0 spiro atoms. The van der Waals surface area contributed by atoms with Gasteiger partial charge in [-0.2, -0.15) is 0 Å². The molecular formula is C16H15Cl2NO3. The molecule has 0 bridgehead atoms. The average molecular weight is 340 g/mol. The van der Waals surface area contributed by atoms with Crippen LogP contribution in [0.3, 0.4) is 0 Å². The monoisotopic (exact) mass is 339 g/mol. The van der Waals surface area contributed by atoms with E-state index in [9.17, 15) is 15.0 Å². The molecule has 3 N–H and O–H groups in total. The van der Waals surface area contributed by atoms with Gasteiger partial charge in [-0.15, -0.1) is 0 Å². The van der Waals surface area contributed by atoms with Crippen LogP contribution in [0.1, 0.15) is 23.3 Å². The summed E-state index contributed by atoms with van der Waals surface area (Å²) in [4.78, 5) is 12.2. The molecule has 0 aliphatic rings. The lowest BCUT2D eigenvalue weighted by Crippen LogP contribution is -2.34. The normalized spacial score (nSPS) is 13.5. The van der Waals surface area contributed by atoms with Crippen molar-refractivity contribution >= 4 is 29.1 Å². The lowest BCUT2D eigenvalue weighted by Gasteiger charge is -2.19. The van der Waals surface area contributed by atoms with E-state index in [4.69, 9.17) is 23.2 Å². The van der Waals surface area contributed by atoms with Crippen molar-refractivity contribution in [3.8, 4) is 0 Å². The summed E-state index contributed by atoms with van der Waals surface area (Å²) in [6.07, 6.45) is -1.42. The van der Waals surface area contributed by atoms with Gasteiger partial charge in [0.2, 0.25) is 0 Å². The number of carbonyl (C=O) groups excluding carboxylic acids is 1. The summed E-state index contributed by atoms with van der Waals surface area (Å²) in [6.45, 7) is -0.279. The van der Waals surface area contributed by atoms with Gasteiger partial charge in [0.15, 0.2) is 6.10 Å². The van der Waals surface area contributed by atoms with E-state index in [1.807, 2.05) is 6.07 Å². The highest BCUT2D eigenvalue weighted by Gasteiger charge is 2.22. The van der Waals surface area contributed by atoms with Gasteiger partial charge in [0.05, 0.1) is 12.6 Å². The van der Waals surface area contributed by atoms with Crippen LogP contribution in [0.5, 0.6) is 0 Å². The lowest BCUT2D eigenvalue weighted by molar-refractivity contribution is -0.130. The summed E-state index contributed by atoms with van der Waals surface area (Å²) in [5.41, 5.74) is 1.04. The van der Waals surface area contributed by atoms with Crippen molar-refractivity contribution in [2.75, 3.05) is 6.61 Å². The van der Waals surface area contributed by atoms with Crippen LogP contribution in [0.25, 0.3) is 0 Å². The molecule has 0 aliphatic heterocycles. The van der Waals surface area contributed by atoms with E-state index in [1.165, 1.54) is 18.2 Å². The molecule has 0 saturated heterocycles. The number of hydrogen-bond donors (Lipinski definition) is 3. The summed E-state index contributed by atoms with van der Waals surface area (Å²) in [5.74, 6) is -0.638. The Morgan fingerprint density at radius 3 is 2.18 bits per heavy atom. The molecule has 4 nitrogen and oxygen atoms in total. The molecule has 0 radical (unpaired) electrons. The molecule has 2 unspecified atom stereocenters. The first-order valence-corrected chi connectivity index (χ1v) is 7.37. The average Bonchev–Trinajstić information content (AvgIpc) is 2.51. The predicted octanol–water partition coefficient (Wildman–Crippen LogP) is 2.88. The van der Waals surface area contributed by atoms with Crippen LogP contribution in [-0.2, 0) is 4.79 Å². The van der Waals surface area contributed by atoms with Crippen LogP contribution in [0.2, 0.25) is 10.0 Å². The smallest absolute Gasteiger partial charge is 0.254 e. The minimum Gasteiger partial charge on any atom is -0.394 e. The Hall–Kier alpha value is -1.59. The third kappa shape index (κ3) is 4.21. The first-order valence-electron chi connectivity index (χ1n) is 6.61. The van der Waals surface area contributed by atoms with Crippen molar-refractivity contribution in [3.63, 3.8) is 0 Å². The van der Waals surface area contributed by atoms with E-state index < -0.39 is 18.1 Å². The summed E-state index contributed by atoms with van der Waals surface area (Å²) in [7, 11) is 0. The van der Waals surface area contributed by atoms with Crippen LogP contribution in [0.4, 0.5) is 0 Å². The quantitative estimate of drug-likeness (QED) is 0.784. The molecule has 2 rings (SSSR count). The molecular weight excluding hydrogens is 325 g/mol. The number of carbonyl (C=O) groups is 1. The van der Waals surface area contributed by atoms with Gasteiger partial charge in [-0.1, -0.05) is 53.5 Å². The van der Waals surface area contributed by atoms with E-state index in [-0.39, 0.29) is 6.61 Å². The van der Waals surface area contributed by atoms with Crippen LogP contribution in [0, 0.1) is 0 Å². The molecule has 0 aliphatic carbocycles. The Balaban J connectivity index is 2.13. The molecule has 22 heavy (non-hydrogen) atoms. The minimum absolute atomic E-state index is 0.279. The van der Waals surface area contributed by atoms with E-state index >= 15 is 0 Å².